The molecular weight excluding hydrogens is 426 g/mol. The maximum Gasteiger partial charge on any atom is 0.320 e. The predicted molar refractivity (Wildman–Crippen MR) is 133 cm³/mol. The molecule has 3 aromatic rings. The Bertz CT molecular complexity index is 1110. The Balaban J connectivity index is 1.68. The van der Waals surface area contributed by atoms with Gasteiger partial charge in [-0.15, -0.1) is 0 Å². The van der Waals surface area contributed by atoms with Crippen LogP contribution in [-0.2, 0) is 21.4 Å². The minimum atomic E-state index is -0.990. The van der Waals surface area contributed by atoms with Crippen LogP contribution in [0.5, 0.6) is 0 Å². The van der Waals surface area contributed by atoms with E-state index in [-0.39, 0.29) is 5.97 Å². The highest BCUT2D eigenvalue weighted by atomic mass is 16.5. The summed E-state index contributed by atoms with van der Waals surface area (Å²) < 4.78 is 5.49. The van der Waals surface area contributed by atoms with Gasteiger partial charge in [0, 0.05) is 16.8 Å². The molecule has 3 atom stereocenters. The summed E-state index contributed by atoms with van der Waals surface area (Å²) in [5.74, 6) is 0.241. The zero-order valence-corrected chi connectivity index (χ0v) is 20.2. The summed E-state index contributed by atoms with van der Waals surface area (Å²) in [5.41, 5.74) is 3.94. The van der Waals surface area contributed by atoms with Crippen molar-refractivity contribution in [2.75, 3.05) is 11.5 Å². The van der Waals surface area contributed by atoms with Crippen LogP contribution in [-0.4, -0.2) is 22.8 Å². The molecule has 0 aliphatic carbocycles. The Labute approximate surface area is 201 Å². The number of esters is 1. The number of carbonyl (C=O) groups is 1. The fourth-order valence-electron chi connectivity index (χ4n) is 4.79. The number of ether oxygens (including phenoxy) is 1. The number of aliphatic hydroxyl groups excluding tert-OH is 2. The number of nitrogens with zero attached hydrogens (tertiary/aromatic N) is 1. The lowest BCUT2D eigenvalue weighted by molar-refractivity contribution is -0.147. The highest BCUT2D eigenvalue weighted by Gasteiger charge is 2.40. The van der Waals surface area contributed by atoms with Gasteiger partial charge in [0.05, 0.1) is 6.61 Å². The van der Waals surface area contributed by atoms with Crippen molar-refractivity contribution >= 4 is 11.7 Å². The van der Waals surface area contributed by atoms with Crippen LogP contribution in [0.15, 0.2) is 72.8 Å². The van der Waals surface area contributed by atoms with Gasteiger partial charge >= 0.3 is 5.97 Å². The zero-order valence-electron chi connectivity index (χ0n) is 20.2. The Morgan fingerprint density at radius 3 is 1.88 bits per heavy atom. The Kier molecular flexibility index (Phi) is 6.78. The molecule has 0 fully saturated rings. The van der Waals surface area contributed by atoms with Gasteiger partial charge in [-0.25, -0.2) is 0 Å². The topological polar surface area (TPSA) is 70.0 Å². The average Bonchev–Trinajstić information content (AvgIpc) is 3.09. The molecule has 5 heteroatoms. The van der Waals surface area contributed by atoms with Gasteiger partial charge in [-0.2, -0.15) is 0 Å². The predicted octanol–water partition coefficient (Wildman–Crippen LogP) is 5.26. The number of anilines is 1. The van der Waals surface area contributed by atoms with Gasteiger partial charge in [0.15, 0.2) is 12.5 Å². The van der Waals surface area contributed by atoms with Crippen LogP contribution in [0, 0.1) is 5.92 Å². The molecule has 178 valence electrons. The Morgan fingerprint density at radius 2 is 1.41 bits per heavy atom. The van der Waals surface area contributed by atoms with E-state index < -0.39 is 17.9 Å². The fraction of sp³-hybridized carbons (Fsp3) is 0.345. The number of fused-ring (bicyclic) bond motifs is 1. The van der Waals surface area contributed by atoms with Crippen LogP contribution >= 0.6 is 0 Å². The first-order valence-electron chi connectivity index (χ1n) is 11.9. The maximum absolute atomic E-state index is 13.2. The second kappa shape index (κ2) is 9.61. The minimum Gasteiger partial charge on any atom is -0.465 e. The van der Waals surface area contributed by atoms with E-state index in [1.54, 1.807) is 11.8 Å². The second-order valence-corrected chi connectivity index (χ2v) is 9.47. The van der Waals surface area contributed by atoms with E-state index in [1.165, 1.54) is 5.56 Å². The van der Waals surface area contributed by atoms with E-state index in [0.29, 0.717) is 29.3 Å². The van der Waals surface area contributed by atoms with Crippen LogP contribution < -0.4 is 4.90 Å². The molecule has 0 amide bonds. The lowest BCUT2D eigenvalue weighted by atomic mass is 9.76. The molecule has 1 aliphatic heterocycles. The quantitative estimate of drug-likeness (QED) is 0.472. The molecule has 1 aliphatic rings. The van der Waals surface area contributed by atoms with Crippen LogP contribution in [0.4, 0.5) is 5.69 Å². The van der Waals surface area contributed by atoms with Crippen molar-refractivity contribution in [2.45, 2.75) is 52.0 Å². The zero-order chi connectivity index (χ0) is 24.5. The van der Waals surface area contributed by atoms with Crippen molar-refractivity contribution < 1.29 is 19.7 Å². The SMILES string of the molecule is CCOC(=O)C(C)(c1ccc(CC(C)C)cc1)c1ccc(N2C(O)c3ccccc3C2O)cc1. The number of benzene rings is 3. The van der Waals surface area contributed by atoms with E-state index in [4.69, 9.17) is 4.74 Å². The van der Waals surface area contributed by atoms with Crippen LogP contribution in [0.25, 0.3) is 0 Å². The van der Waals surface area contributed by atoms with Crippen molar-refractivity contribution in [2.24, 2.45) is 5.92 Å². The second-order valence-electron chi connectivity index (χ2n) is 9.47. The van der Waals surface area contributed by atoms with Gasteiger partial charge in [-0.05, 0) is 55.0 Å². The molecule has 5 nitrogen and oxygen atoms in total. The van der Waals surface area contributed by atoms with Crippen molar-refractivity contribution in [1.29, 1.82) is 0 Å². The summed E-state index contributed by atoms with van der Waals surface area (Å²) in [4.78, 5) is 14.8. The average molecular weight is 460 g/mol. The molecule has 4 rings (SSSR count). The highest BCUT2D eigenvalue weighted by Crippen LogP contribution is 2.43. The van der Waals surface area contributed by atoms with E-state index in [0.717, 1.165) is 17.5 Å². The molecule has 0 aromatic heterocycles. The molecular formula is C29H33NO4. The van der Waals surface area contributed by atoms with Gasteiger partial charge < -0.3 is 19.8 Å². The standard InChI is InChI=1S/C29H33NO4/c1-5-34-28(33)29(4,21-12-10-20(11-13-21)18-19(2)3)22-14-16-23(17-15-22)30-26(31)24-8-6-7-9-25(24)27(30)32/h6-17,19,26-27,31-32H,5,18H2,1-4H3. The summed E-state index contributed by atoms with van der Waals surface area (Å²) in [5, 5.41) is 21.6. The normalized spacial score (nSPS) is 19.1. The Hall–Kier alpha value is -3.15. The van der Waals surface area contributed by atoms with E-state index >= 15 is 0 Å². The Morgan fingerprint density at radius 1 is 0.912 bits per heavy atom. The third kappa shape index (κ3) is 4.22. The fourth-order valence-corrected chi connectivity index (χ4v) is 4.79. The molecule has 0 saturated carbocycles. The molecule has 0 bridgehead atoms. The molecule has 1 heterocycles. The first-order valence-corrected chi connectivity index (χ1v) is 11.9. The number of hydrogen-bond acceptors (Lipinski definition) is 5. The smallest absolute Gasteiger partial charge is 0.320 e. The van der Waals surface area contributed by atoms with Gasteiger partial charge in [0.25, 0.3) is 0 Å². The van der Waals surface area contributed by atoms with Crippen molar-refractivity contribution in [3.05, 3.63) is 101 Å². The molecule has 3 aromatic carbocycles. The lowest BCUT2D eigenvalue weighted by Crippen LogP contribution is -2.36. The molecule has 0 radical (unpaired) electrons. The number of aliphatic hydroxyl groups is 2. The monoisotopic (exact) mass is 459 g/mol. The maximum atomic E-state index is 13.2. The first-order chi connectivity index (χ1) is 16.3. The van der Waals surface area contributed by atoms with Gasteiger partial charge in [-0.1, -0.05) is 74.5 Å². The third-order valence-corrected chi connectivity index (χ3v) is 6.68. The van der Waals surface area contributed by atoms with Gasteiger partial charge in [-0.3, -0.25) is 4.79 Å². The number of rotatable bonds is 7. The largest absolute Gasteiger partial charge is 0.465 e. The molecule has 0 spiro atoms. The van der Waals surface area contributed by atoms with Crippen molar-refractivity contribution in [1.82, 2.24) is 0 Å². The van der Waals surface area contributed by atoms with Crippen LogP contribution in [0.1, 0.15) is 68.0 Å². The summed E-state index contributed by atoms with van der Waals surface area (Å²) in [6.07, 6.45) is -0.905. The number of carbonyl (C=O) groups excluding carboxylic acids is 1. The molecule has 3 unspecified atom stereocenters. The summed E-state index contributed by atoms with van der Waals surface area (Å²) in [7, 11) is 0. The summed E-state index contributed by atoms with van der Waals surface area (Å²) in [6, 6.07) is 22.9. The van der Waals surface area contributed by atoms with Gasteiger partial charge in [0.1, 0.15) is 5.41 Å². The summed E-state index contributed by atoms with van der Waals surface area (Å²) >= 11 is 0. The first kappa shape index (κ1) is 24.0. The number of hydrogen-bond donors (Lipinski definition) is 2. The van der Waals surface area contributed by atoms with Crippen molar-refractivity contribution in [3.8, 4) is 0 Å². The summed E-state index contributed by atoms with van der Waals surface area (Å²) in [6.45, 7) is 8.35. The molecule has 2 N–H and O–H groups in total. The van der Waals surface area contributed by atoms with Crippen LogP contribution in [0.3, 0.4) is 0 Å². The molecule has 34 heavy (non-hydrogen) atoms. The van der Waals surface area contributed by atoms with E-state index in [2.05, 4.69) is 26.0 Å². The van der Waals surface area contributed by atoms with Crippen molar-refractivity contribution in [3.63, 3.8) is 0 Å². The van der Waals surface area contributed by atoms with E-state index in [9.17, 15) is 15.0 Å². The third-order valence-electron chi connectivity index (χ3n) is 6.68. The minimum absolute atomic E-state index is 0.294. The molecule has 0 saturated heterocycles. The lowest BCUT2D eigenvalue weighted by Gasteiger charge is -2.30. The van der Waals surface area contributed by atoms with Gasteiger partial charge in [0.2, 0.25) is 0 Å². The van der Waals surface area contributed by atoms with E-state index in [1.807, 2.05) is 67.6 Å². The van der Waals surface area contributed by atoms with Crippen LogP contribution in [0.2, 0.25) is 0 Å². The highest BCUT2D eigenvalue weighted by molar-refractivity contribution is 5.87.